The van der Waals surface area contributed by atoms with Gasteiger partial charge in [0.25, 0.3) is 0 Å². The molecule has 0 atom stereocenters. The molecule has 0 amide bonds. The van der Waals surface area contributed by atoms with Crippen molar-refractivity contribution in [3.63, 3.8) is 0 Å². The largest absolute Gasteiger partial charge is 0.416 e. The molecule has 0 saturated heterocycles. The van der Waals surface area contributed by atoms with Gasteiger partial charge < -0.3 is 4.43 Å². The maximum atomic E-state index is 6.50. The summed E-state index contributed by atoms with van der Waals surface area (Å²) in [5, 5.41) is 0.306. The first-order valence-corrected chi connectivity index (χ1v) is 12.0. The summed E-state index contributed by atoms with van der Waals surface area (Å²) in [5.74, 6) is 0.506. The van der Waals surface area contributed by atoms with Crippen LogP contribution in [0, 0.1) is 5.41 Å². The van der Waals surface area contributed by atoms with Crippen molar-refractivity contribution in [3.8, 4) is 0 Å². The molecule has 1 aliphatic rings. The number of rotatable bonds is 7. The maximum absolute atomic E-state index is 6.50. The Bertz CT molecular complexity index is 527. The normalized spacial score (nSPS) is 17.6. The minimum Gasteiger partial charge on any atom is -0.416 e. The standard InChI is InChI=1S/C20H35NOSi/c1-16(2)18-14-17(9-13-21-18)8-10-20(11-12-20)15-22-23(6,7)19(3,4)5/h9,13-14,16H,8,10-12,15H2,1-7H3. The first-order chi connectivity index (χ1) is 10.5. The Kier molecular flexibility index (Phi) is 5.42. The van der Waals surface area contributed by atoms with Crippen LogP contribution in [0.3, 0.4) is 0 Å². The molecule has 130 valence electrons. The van der Waals surface area contributed by atoms with Gasteiger partial charge in [-0.3, -0.25) is 4.98 Å². The van der Waals surface area contributed by atoms with Crippen LogP contribution < -0.4 is 0 Å². The molecule has 2 nitrogen and oxygen atoms in total. The fourth-order valence-corrected chi connectivity index (χ4v) is 3.67. The van der Waals surface area contributed by atoms with Gasteiger partial charge in [-0.15, -0.1) is 0 Å². The molecule has 23 heavy (non-hydrogen) atoms. The van der Waals surface area contributed by atoms with Crippen LogP contribution in [0.4, 0.5) is 0 Å². The third-order valence-corrected chi connectivity index (χ3v) is 10.4. The van der Waals surface area contributed by atoms with Crippen molar-refractivity contribution < 1.29 is 4.43 Å². The van der Waals surface area contributed by atoms with Crippen molar-refractivity contribution in [1.29, 1.82) is 0 Å². The molecule has 0 spiro atoms. The van der Waals surface area contributed by atoms with E-state index in [1.54, 1.807) is 0 Å². The van der Waals surface area contributed by atoms with E-state index in [9.17, 15) is 0 Å². The van der Waals surface area contributed by atoms with E-state index in [-0.39, 0.29) is 0 Å². The fraction of sp³-hybridized carbons (Fsp3) is 0.750. The van der Waals surface area contributed by atoms with E-state index in [2.05, 4.69) is 64.8 Å². The molecule has 0 bridgehead atoms. The van der Waals surface area contributed by atoms with Gasteiger partial charge >= 0.3 is 0 Å². The highest BCUT2D eigenvalue weighted by Crippen LogP contribution is 2.51. The Morgan fingerprint density at radius 3 is 2.43 bits per heavy atom. The van der Waals surface area contributed by atoms with Gasteiger partial charge in [0, 0.05) is 18.5 Å². The topological polar surface area (TPSA) is 22.1 Å². The number of hydrogen-bond acceptors (Lipinski definition) is 2. The molecule has 1 heterocycles. The third-order valence-electron chi connectivity index (χ3n) is 5.88. The van der Waals surface area contributed by atoms with Crippen LogP contribution in [0.25, 0.3) is 0 Å². The second-order valence-electron chi connectivity index (χ2n) is 9.29. The highest BCUT2D eigenvalue weighted by atomic mass is 28.4. The molecule has 0 N–H and O–H groups in total. The molecule has 2 rings (SSSR count). The van der Waals surface area contributed by atoms with Crippen LogP contribution in [-0.4, -0.2) is 19.9 Å². The zero-order valence-corrected chi connectivity index (χ0v) is 17.2. The van der Waals surface area contributed by atoms with Crippen molar-refractivity contribution in [2.24, 2.45) is 5.41 Å². The van der Waals surface area contributed by atoms with Gasteiger partial charge in [0.15, 0.2) is 8.32 Å². The summed E-state index contributed by atoms with van der Waals surface area (Å²) in [6, 6.07) is 4.46. The number of aromatic nitrogens is 1. The number of aryl methyl sites for hydroxylation is 1. The van der Waals surface area contributed by atoms with Crippen molar-refractivity contribution in [3.05, 3.63) is 29.6 Å². The van der Waals surface area contributed by atoms with E-state index < -0.39 is 8.32 Å². The zero-order chi connectivity index (χ0) is 17.3. The van der Waals surface area contributed by atoms with Crippen molar-refractivity contribution in [2.75, 3.05) is 6.61 Å². The summed E-state index contributed by atoms with van der Waals surface area (Å²) in [7, 11) is -1.62. The first-order valence-electron chi connectivity index (χ1n) is 9.14. The van der Waals surface area contributed by atoms with E-state index in [4.69, 9.17) is 4.43 Å². The van der Waals surface area contributed by atoms with E-state index in [1.165, 1.54) is 30.5 Å². The molecule has 1 aromatic heterocycles. The highest BCUT2D eigenvalue weighted by molar-refractivity contribution is 6.74. The lowest BCUT2D eigenvalue weighted by atomic mass is 9.97. The summed E-state index contributed by atoms with van der Waals surface area (Å²) in [4.78, 5) is 4.48. The molecule has 0 unspecified atom stereocenters. The lowest BCUT2D eigenvalue weighted by molar-refractivity contribution is 0.206. The molecule has 1 saturated carbocycles. The zero-order valence-electron chi connectivity index (χ0n) is 16.2. The van der Waals surface area contributed by atoms with Crippen LogP contribution >= 0.6 is 0 Å². The molecule has 3 heteroatoms. The van der Waals surface area contributed by atoms with E-state index in [1.807, 2.05) is 6.20 Å². The Morgan fingerprint density at radius 2 is 1.91 bits per heavy atom. The molecule has 1 aromatic rings. The molecule has 0 aliphatic heterocycles. The monoisotopic (exact) mass is 333 g/mol. The van der Waals surface area contributed by atoms with Gasteiger partial charge in [-0.25, -0.2) is 0 Å². The van der Waals surface area contributed by atoms with Crippen LogP contribution in [-0.2, 0) is 10.8 Å². The summed E-state index contributed by atoms with van der Waals surface area (Å²) in [6.45, 7) is 17.1. The molecular weight excluding hydrogens is 298 g/mol. The van der Waals surface area contributed by atoms with Crippen LogP contribution in [0.15, 0.2) is 18.3 Å². The maximum Gasteiger partial charge on any atom is 0.192 e. The third kappa shape index (κ3) is 4.90. The van der Waals surface area contributed by atoms with Crippen LogP contribution in [0.5, 0.6) is 0 Å². The van der Waals surface area contributed by atoms with E-state index in [0.717, 1.165) is 13.0 Å². The SMILES string of the molecule is CC(C)c1cc(CCC2(CO[Si](C)(C)C(C)(C)C)CC2)ccn1. The first kappa shape index (κ1) is 18.7. The molecule has 0 aromatic carbocycles. The Balaban J connectivity index is 1.89. The summed E-state index contributed by atoms with van der Waals surface area (Å²) >= 11 is 0. The van der Waals surface area contributed by atoms with Gasteiger partial charge in [0.05, 0.1) is 0 Å². The molecule has 1 fully saturated rings. The predicted molar refractivity (Wildman–Crippen MR) is 101 cm³/mol. The molecule has 1 aliphatic carbocycles. The van der Waals surface area contributed by atoms with Crippen molar-refractivity contribution in [1.82, 2.24) is 4.98 Å². The van der Waals surface area contributed by atoms with E-state index >= 15 is 0 Å². The summed E-state index contributed by atoms with van der Waals surface area (Å²) in [5.41, 5.74) is 3.10. The number of hydrogen-bond donors (Lipinski definition) is 0. The molecular formula is C20H35NOSi. The second kappa shape index (κ2) is 6.68. The average Bonchev–Trinajstić information content (AvgIpc) is 3.23. The lowest BCUT2D eigenvalue weighted by Gasteiger charge is -2.37. The predicted octanol–water partition coefficient (Wildman–Crippen LogP) is 5.94. The van der Waals surface area contributed by atoms with Crippen molar-refractivity contribution >= 4 is 8.32 Å². The van der Waals surface area contributed by atoms with Crippen molar-refractivity contribution in [2.45, 2.75) is 84.4 Å². The van der Waals surface area contributed by atoms with Crippen LogP contribution in [0.1, 0.15) is 71.1 Å². The summed E-state index contributed by atoms with van der Waals surface area (Å²) < 4.78 is 6.50. The number of pyridine rings is 1. The van der Waals surface area contributed by atoms with E-state index in [0.29, 0.717) is 16.4 Å². The quantitative estimate of drug-likeness (QED) is 0.576. The average molecular weight is 334 g/mol. The van der Waals surface area contributed by atoms with Crippen LogP contribution in [0.2, 0.25) is 18.1 Å². The minimum absolute atomic E-state index is 0.306. The van der Waals surface area contributed by atoms with Gasteiger partial charge in [-0.1, -0.05) is 34.6 Å². The Morgan fingerprint density at radius 1 is 1.26 bits per heavy atom. The lowest BCUT2D eigenvalue weighted by Crippen LogP contribution is -2.42. The second-order valence-corrected chi connectivity index (χ2v) is 14.1. The smallest absolute Gasteiger partial charge is 0.192 e. The number of nitrogens with zero attached hydrogens (tertiary/aromatic N) is 1. The highest BCUT2D eigenvalue weighted by Gasteiger charge is 2.45. The Labute approximate surface area is 144 Å². The Hall–Kier alpha value is -0.673. The van der Waals surface area contributed by atoms with Gasteiger partial charge in [0.2, 0.25) is 0 Å². The van der Waals surface area contributed by atoms with Gasteiger partial charge in [-0.2, -0.15) is 0 Å². The molecule has 0 radical (unpaired) electrons. The van der Waals surface area contributed by atoms with Gasteiger partial charge in [0.1, 0.15) is 0 Å². The fourth-order valence-electron chi connectivity index (χ4n) is 2.57. The summed E-state index contributed by atoms with van der Waals surface area (Å²) in [6.07, 6.45) is 7.05. The minimum atomic E-state index is -1.62. The van der Waals surface area contributed by atoms with Gasteiger partial charge in [-0.05, 0) is 72.8 Å².